The average molecular weight is 469 g/mol. The second-order valence-corrected chi connectivity index (χ2v) is 8.48. The highest BCUT2D eigenvalue weighted by Crippen LogP contribution is 2.37. The third-order valence-electron chi connectivity index (χ3n) is 5.95. The quantitative estimate of drug-likeness (QED) is 0.438. The number of nitrogens with one attached hydrogen (secondary N) is 2. The minimum Gasteiger partial charge on any atom is -0.395 e. The van der Waals surface area contributed by atoms with E-state index >= 15 is 0 Å². The SMILES string of the molecule is OC[C@@H]1CCCN1[C@@H]1CCCC[C@H]1NC(=S)Nc1cc(C(F)(F)F)cc(C(F)(F)F)c1. The molecule has 0 spiro atoms. The highest BCUT2D eigenvalue weighted by atomic mass is 32.1. The Labute approximate surface area is 182 Å². The molecule has 1 heterocycles. The summed E-state index contributed by atoms with van der Waals surface area (Å²) in [4.78, 5) is 2.24. The van der Waals surface area contributed by atoms with Gasteiger partial charge in [-0.2, -0.15) is 26.3 Å². The van der Waals surface area contributed by atoms with Gasteiger partial charge in [0.15, 0.2) is 5.11 Å². The fraction of sp³-hybridized carbons (Fsp3) is 0.650. The second kappa shape index (κ2) is 9.50. The second-order valence-electron chi connectivity index (χ2n) is 8.07. The van der Waals surface area contributed by atoms with Gasteiger partial charge in [-0.15, -0.1) is 0 Å². The van der Waals surface area contributed by atoms with Crippen molar-refractivity contribution in [2.75, 3.05) is 18.5 Å². The lowest BCUT2D eigenvalue weighted by atomic mass is 9.88. The Morgan fingerprint density at radius 3 is 2.16 bits per heavy atom. The van der Waals surface area contributed by atoms with Gasteiger partial charge in [-0.05, 0) is 62.6 Å². The first-order chi connectivity index (χ1) is 14.5. The van der Waals surface area contributed by atoms with E-state index in [2.05, 4.69) is 15.5 Å². The summed E-state index contributed by atoms with van der Waals surface area (Å²) in [5.41, 5.74) is -3.17. The molecule has 0 aromatic heterocycles. The molecule has 11 heteroatoms. The molecule has 1 aromatic rings. The Morgan fingerprint density at radius 2 is 1.58 bits per heavy atom. The lowest BCUT2D eigenvalue weighted by molar-refractivity contribution is -0.143. The molecular weight excluding hydrogens is 444 g/mol. The van der Waals surface area contributed by atoms with E-state index in [9.17, 15) is 31.4 Å². The lowest BCUT2D eigenvalue weighted by Gasteiger charge is -2.41. The first-order valence-corrected chi connectivity index (χ1v) is 10.6. The van der Waals surface area contributed by atoms with Crippen LogP contribution in [-0.2, 0) is 12.4 Å². The minimum absolute atomic E-state index is 0.0240. The van der Waals surface area contributed by atoms with Crippen LogP contribution in [0.25, 0.3) is 0 Å². The van der Waals surface area contributed by atoms with E-state index in [1.54, 1.807) is 0 Å². The zero-order valence-electron chi connectivity index (χ0n) is 16.7. The van der Waals surface area contributed by atoms with Crippen LogP contribution >= 0.6 is 12.2 Å². The molecule has 4 nitrogen and oxygen atoms in total. The molecule has 0 unspecified atom stereocenters. The van der Waals surface area contributed by atoms with Crippen LogP contribution in [0.15, 0.2) is 18.2 Å². The molecular formula is C20H25F6N3OS. The van der Waals surface area contributed by atoms with Gasteiger partial charge in [-0.25, -0.2) is 0 Å². The van der Waals surface area contributed by atoms with Crippen molar-refractivity contribution in [2.45, 2.75) is 69.0 Å². The number of benzene rings is 1. The summed E-state index contributed by atoms with van der Waals surface area (Å²) < 4.78 is 78.4. The highest BCUT2D eigenvalue weighted by molar-refractivity contribution is 7.80. The summed E-state index contributed by atoms with van der Waals surface area (Å²) in [7, 11) is 0. The molecule has 1 aromatic carbocycles. The molecule has 3 atom stereocenters. The molecule has 174 valence electrons. The molecule has 3 N–H and O–H groups in total. The zero-order valence-corrected chi connectivity index (χ0v) is 17.5. The van der Waals surface area contributed by atoms with Crippen molar-refractivity contribution < 1.29 is 31.4 Å². The van der Waals surface area contributed by atoms with Crippen LogP contribution in [0, 0.1) is 0 Å². The fourth-order valence-corrected chi connectivity index (χ4v) is 4.80. The van der Waals surface area contributed by atoms with Crippen LogP contribution in [0.2, 0.25) is 0 Å². The molecule has 2 aliphatic rings. The van der Waals surface area contributed by atoms with E-state index in [4.69, 9.17) is 12.2 Å². The number of likely N-dealkylation sites (tertiary alicyclic amines) is 1. The summed E-state index contributed by atoms with van der Waals surface area (Å²) in [6, 6.07) is 1.37. The van der Waals surface area contributed by atoms with Crippen molar-refractivity contribution in [2.24, 2.45) is 0 Å². The number of aliphatic hydroxyl groups is 1. The number of hydrogen-bond donors (Lipinski definition) is 3. The number of halogens is 6. The summed E-state index contributed by atoms with van der Waals surface area (Å²) in [5.74, 6) is 0. The maximum atomic E-state index is 13.1. The standard InChI is InChI=1S/C20H25F6N3OS/c21-19(22,23)12-8-13(20(24,25)26)10-14(9-12)27-18(31)28-16-5-1-2-6-17(16)29-7-3-4-15(29)11-30/h8-10,15-17,30H,1-7,11H2,(H2,27,28,31)/t15-,16+,17+/m0/s1. The van der Waals surface area contributed by atoms with Gasteiger partial charge in [-0.3, -0.25) is 4.90 Å². The third kappa shape index (κ3) is 6.01. The molecule has 1 aliphatic heterocycles. The van der Waals surface area contributed by atoms with Gasteiger partial charge in [0.05, 0.1) is 17.7 Å². The van der Waals surface area contributed by atoms with Gasteiger partial charge >= 0.3 is 12.4 Å². The Kier molecular flexibility index (Phi) is 7.37. The normalized spacial score (nSPS) is 25.5. The smallest absolute Gasteiger partial charge is 0.395 e. The van der Waals surface area contributed by atoms with Gasteiger partial charge in [0.2, 0.25) is 0 Å². The van der Waals surface area contributed by atoms with Crippen LogP contribution < -0.4 is 10.6 Å². The Balaban J connectivity index is 1.74. The first kappa shape index (κ1) is 24.1. The van der Waals surface area contributed by atoms with E-state index < -0.39 is 23.5 Å². The van der Waals surface area contributed by atoms with Crippen LogP contribution in [0.4, 0.5) is 32.0 Å². The largest absolute Gasteiger partial charge is 0.416 e. The van der Waals surface area contributed by atoms with Crippen LogP contribution in [-0.4, -0.2) is 46.4 Å². The van der Waals surface area contributed by atoms with Crippen LogP contribution in [0.5, 0.6) is 0 Å². The zero-order chi connectivity index (χ0) is 22.8. The number of aliphatic hydroxyl groups excluding tert-OH is 1. The number of hydrogen-bond acceptors (Lipinski definition) is 3. The molecule has 0 radical (unpaired) electrons. The van der Waals surface area contributed by atoms with E-state index in [1.807, 2.05) is 0 Å². The van der Waals surface area contributed by atoms with Crippen LogP contribution in [0.3, 0.4) is 0 Å². The summed E-state index contributed by atoms with van der Waals surface area (Å²) in [6.07, 6.45) is -4.35. The Bertz CT molecular complexity index is 753. The van der Waals surface area contributed by atoms with Gasteiger partial charge in [0.25, 0.3) is 0 Å². The molecule has 2 fully saturated rings. The maximum Gasteiger partial charge on any atom is 0.416 e. The molecule has 3 rings (SSSR count). The molecule has 1 aliphatic carbocycles. The van der Waals surface area contributed by atoms with E-state index in [1.165, 1.54) is 0 Å². The van der Waals surface area contributed by atoms with Crippen molar-refractivity contribution in [3.8, 4) is 0 Å². The molecule has 31 heavy (non-hydrogen) atoms. The van der Waals surface area contributed by atoms with Crippen LogP contribution in [0.1, 0.15) is 49.7 Å². The maximum absolute atomic E-state index is 13.1. The number of nitrogens with zero attached hydrogens (tertiary/aromatic N) is 1. The summed E-state index contributed by atoms with van der Waals surface area (Å²) >= 11 is 5.22. The van der Waals surface area contributed by atoms with E-state index in [0.29, 0.717) is 12.1 Å². The number of anilines is 1. The van der Waals surface area contributed by atoms with Crippen molar-refractivity contribution in [3.05, 3.63) is 29.3 Å². The first-order valence-electron chi connectivity index (χ1n) is 10.2. The third-order valence-corrected chi connectivity index (χ3v) is 6.17. The average Bonchev–Trinajstić information content (AvgIpc) is 3.15. The highest BCUT2D eigenvalue weighted by Gasteiger charge is 2.38. The summed E-state index contributed by atoms with van der Waals surface area (Å²) in [6.45, 7) is 0.896. The number of alkyl halides is 6. The molecule has 1 saturated carbocycles. The fourth-order valence-electron chi connectivity index (χ4n) is 4.53. The topological polar surface area (TPSA) is 47.5 Å². The van der Waals surface area contributed by atoms with Gasteiger partial charge in [-0.1, -0.05) is 12.8 Å². The van der Waals surface area contributed by atoms with E-state index in [0.717, 1.165) is 45.1 Å². The lowest BCUT2D eigenvalue weighted by Crippen LogP contribution is -2.55. The predicted octanol–water partition coefficient (Wildman–Crippen LogP) is 4.78. The number of rotatable bonds is 4. The Morgan fingerprint density at radius 1 is 0.968 bits per heavy atom. The van der Waals surface area contributed by atoms with Crippen molar-refractivity contribution >= 4 is 23.0 Å². The van der Waals surface area contributed by atoms with Crippen molar-refractivity contribution in [1.82, 2.24) is 10.2 Å². The van der Waals surface area contributed by atoms with E-state index in [-0.39, 0.29) is 41.6 Å². The molecule has 1 saturated heterocycles. The molecule has 0 bridgehead atoms. The van der Waals surface area contributed by atoms with Gasteiger partial charge in [0.1, 0.15) is 0 Å². The summed E-state index contributed by atoms with van der Waals surface area (Å²) in [5, 5.41) is 15.2. The molecule has 0 amide bonds. The van der Waals surface area contributed by atoms with Crippen molar-refractivity contribution in [3.63, 3.8) is 0 Å². The predicted molar refractivity (Wildman–Crippen MR) is 109 cm³/mol. The van der Waals surface area contributed by atoms with Crippen molar-refractivity contribution in [1.29, 1.82) is 0 Å². The number of thiocarbonyl (C=S) groups is 1. The van der Waals surface area contributed by atoms with Gasteiger partial charge < -0.3 is 15.7 Å². The van der Waals surface area contributed by atoms with Gasteiger partial charge in [0, 0.05) is 23.8 Å². The Hall–Kier alpha value is -1.59. The monoisotopic (exact) mass is 469 g/mol. The minimum atomic E-state index is -4.92.